The van der Waals surface area contributed by atoms with Crippen LogP contribution in [0.4, 0.5) is 0 Å². The molecule has 0 spiro atoms. The summed E-state index contributed by atoms with van der Waals surface area (Å²) in [6.45, 7) is 3.22. The van der Waals surface area contributed by atoms with Gasteiger partial charge in [-0.25, -0.2) is 0 Å². The predicted octanol–water partition coefficient (Wildman–Crippen LogP) is 1.97. The van der Waals surface area contributed by atoms with Gasteiger partial charge in [0.15, 0.2) is 0 Å². The largest absolute Gasteiger partial charge is 0.352 e. The number of rotatable bonds is 5. The summed E-state index contributed by atoms with van der Waals surface area (Å²) in [7, 11) is 0. The van der Waals surface area contributed by atoms with Crippen LogP contribution in [0.2, 0.25) is 0 Å². The van der Waals surface area contributed by atoms with Crippen LogP contribution < -0.4 is 16.0 Å². The molecule has 5 nitrogen and oxygen atoms in total. The molecule has 1 saturated heterocycles. The van der Waals surface area contributed by atoms with Crippen molar-refractivity contribution in [3.8, 4) is 0 Å². The van der Waals surface area contributed by atoms with Crippen LogP contribution in [0.15, 0.2) is 0 Å². The maximum absolute atomic E-state index is 12.5. The number of nitrogens with one attached hydrogen (secondary N) is 3. The molecule has 5 aliphatic rings. The van der Waals surface area contributed by atoms with E-state index in [1.165, 1.54) is 38.5 Å². The summed E-state index contributed by atoms with van der Waals surface area (Å²) in [4.78, 5) is 24.6. The van der Waals surface area contributed by atoms with Crippen molar-refractivity contribution in [3.63, 3.8) is 0 Å². The van der Waals surface area contributed by atoms with E-state index in [1.807, 2.05) is 0 Å². The number of carbonyl (C=O) groups is 2. The molecule has 5 heteroatoms. The summed E-state index contributed by atoms with van der Waals surface area (Å²) in [5, 5.41) is 9.35. The zero-order valence-corrected chi connectivity index (χ0v) is 15.5. The Kier molecular flexibility index (Phi) is 4.78. The quantitative estimate of drug-likeness (QED) is 0.712. The summed E-state index contributed by atoms with van der Waals surface area (Å²) in [6, 6.07) is 0.688. The van der Waals surface area contributed by atoms with Crippen LogP contribution in [0.25, 0.3) is 0 Å². The molecule has 2 amide bonds. The van der Waals surface area contributed by atoms with Gasteiger partial charge in [-0.15, -0.1) is 0 Å². The van der Waals surface area contributed by atoms with Crippen LogP contribution in [0.3, 0.4) is 0 Å². The molecular formula is C20H33N3O2. The summed E-state index contributed by atoms with van der Waals surface area (Å²) in [5.74, 6) is 2.63. The van der Waals surface area contributed by atoms with Crippen molar-refractivity contribution in [1.82, 2.24) is 16.0 Å². The van der Waals surface area contributed by atoms with Crippen molar-refractivity contribution in [2.24, 2.45) is 23.2 Å². The van der Waals surface area contributed by atoms with E-state index in [2.05, 4.69) is 22.9 Å². The standard InChI is InChI=1S/C20H33N3O2/c1-13-4-17(2-3-21-13)23-19(25)12-22-18(24)11-20-8-14-5-15(9-20)7-16(6-14)10-20/h13-17,21H,2-12H2,1H3,(H,22,24)(H,23,25). The van der Waals surface area contributed by atoms with E-state index in [1.54, 1.807) is 0 Å². The Morgan fingerprint density at radius 2 is 1.64 bits per heavy atom. The fourth-order valence-electron chi connectivity index (χ4n) is 6.63. The Balaban J connectivity index is 1.22. The van der Waals surface area contributed by atoms with Crippen LogP contribution in [0.1, 0.15) is 64.7 Å². The van der Waals surface area contributed by atoms with Gasteiger partial charge in [0.05, 0.1) is 6.54 Å². The lowest BCUT2D eigenvalue weighted by atomic mass is 9.49. The lowest BCUT2D eigenvalue weighted by Gasteiger charge is -2.56. The van der Waals surface area contributed by atoms with Crippen molar-refractivity contribution >= 4 is 11.8 Å². The van der Waals surface area contributed by atoms with E-state index in [-0.39, 0.29) is 29.8 Å². The van der Waals surface area contributed by atoms with Crippen LogP contribution in [0, 0.1) is 23.2 Å². The average Bonchev–Trinajstić information content (AvgIpc) is 2.51. The van der Waals surface area contributed by atoms with E-state index < -0.39 is 0 Å². The first-order valence-corrected chi connectivity index (χ1v) is 10.3. The first-order chi connectivity index (χ1) is 12.0. The monoisotopic (exact) mass is 347 g/mol. The van der Waals surface area contributed by atoms with Gasteiger partial charge >= 0.3 is 0 Å². The summed E-state index contributed by atoms with van der Waals surface area (Å²) >= 11 is 0. The third-order valence-corrected chi connectivity index (χ3v) is 7.14. The second kappa shape index (κ2) is 6.90. The van der Waals surface area contributed by atoms with E-state index in [0.29, 0.717) is 12.5 Å². The number of amides is 2. The second-order valence-corrected chi connectivity index (χ2v) is 9.52. The van der Waals surface area contributed by atoms with Crippen molar-refractivity contribution in [3.05, 3.63) is 0 Å². The molecule has 0 aromatic carbocycles. The predicted molar refractivity (Wildman–Crippen MR) is 96.9 cm³/mol. The lowest BCUT2D eigenvalue weighted by molar-refractivity contribution is -0.132. The van der Waals surface area contributed by atoms with Crippen LogP contribution in [0.5, 0.6) is 0 Å². The van der Waals surface area contributed by atoms with E-state index in [4.69, 9.17) is 0 Å². The molecule has 1 aliphatic heterocycles. The molecule has 2 atom stereocenters. The molecule has 5 rings (SSSR count). The molecule has 0 aromatic heterocycles. The normalized spacial score (nSPS) is 42.2. The van der Waals surface area contributed by atoms with Crippen LogP contribution >= 0.6 is 0 Å². The molecule has 4 saturated carbocycles. The number of hydrogen-bond acceptors (Lipinski definition) is 3. The molecule has 4 aliphatic carbocycles. The van der Waals surface area contributed by atoms with Gasteiger partial charge in [0.1, 0.15) is 0 Å². The number of hydrogen-bond donors (Lipinski definition) is 3. The highest BCUT2D eigenvalue weighted by atomic mass is 16.2. The van der Waals surface area contributed by atoms with Crippen molar-refractivity contribution < 1.29 is 9.59 Å². The van der Waals surface area contributed by atoms with Crippen molar-refractivity contribution in [1.29, 1.82) is 0 Å². The highest BCUT2D eigenvalue weighted by Gasteiger charge is 2.51. The lowest BCUT2D eigenvalue weighted by Crippen LogP contribution is -2.50. The Bertz CT molecular complexity index is 498. The highest BCUT2D eigenvalue weighted by Crippen LogP contribution is 2.61. The minimum atomic E-state index is -0.0436. The maximum atomic E-state index is 12.5. The van der Waals surface area contributed by atoms with Gasteiger partial charge in [-0.3, -0.25) is 9.59 Å². The van der Waals surface area contributed by atoms with Gasteiger partial charge in [0.2, 0.25) is 11.8 Å². The number of carbonyl (C=O) groups excluding carboxylic acids is 2. The minimum Gasteiger partial charge on any atom is -0.352 e. The SMILES string of the molecule is CC1CC(NC(=O)CNC(=O)CC23CC4CC(CC(C4)C2)C3)CCN1. The zero-order valence-electron chi connectivity index (χ0n) is 15.5. The fraction of sp³-hybridized carbons (Fsp3) is 0.900. The Morgan fingerprint density at radius 3 is 2.24 bits per heavy atom. The van der Waals surface area contributed by atoms with Crippen molar-refractivity contribution in [2.45, 2.75) is 76.8 Å². The molecule has 3 N–H and O–H groups in total. The van der Waals surface area contributed by atoms with E-state index >= 15 is 0 Å². The summed E-state index contributed by atoms with van der Waals surface area (Å²) < 4.78 is 0. The molecular weight excluding hydrogens is 314 g/mol. The first kappa shape index (κ1) is 17.3. The summed E-state index contributed by atoms with van der Waals surface area (Å²) in [6.07, 6.45) is 10.5. The van der Waals surface area contributed by atoms with Crippen molar-refractivity contribution in [2.75, 3.05) is 13.1 Å². The second-order valence-electron chi connectivity index (χ2n) is 9.52. The Labute approximate surface area is 151 Å². The van der Waals surface area contributed by atoms with Gasteiger partial charge in [-0.1, -0.05) is 0 Å². The Hall–Kier alpha value is -1.10. The van der Waals surface area contributed by atoms with E-state index in [9.17, 15) is 9.59 Å². The molecule has 5 fully saturated rings. The maximum Gasteiger partial charge on any atom is 0.239 e. The number of piperidine rings is 1. The van der Waals surface area contributed by atoms with Gasteiger partial charge in [0, 0.05) is 18.5 Å². The molecule has 140 valence electrons. The third-order valence-electron chi connectivity index (χ3n) is 7.14. The van der Waals surface area contributed by atoms with Crippen LogP contribution in [-0.2, 0) is 9.59 Å². The van der Waals surface area contributed by atoms with Crippen LogP contribution in [-0.4, -0.2) is 37.0 Å². The highest BCUT2D eigenvalue weighted by molar-refractivity contribution is 5.85. The molecule has 2 unspecified atom stereocenters. The molecule has 4 bridgehead atoms. The van der Waals surface area contributed by atoms with E-state index in [0.717, 1.165) is 37.1 Å². The average molecular weight is 348 g/mol. The first-order valence-electron chi connectivity index (χ1n) is 10.3. The molecule has 0 aromatic rings. The third kappa shape index (κ3) is 4.02. The Morgan fingerprint density at radius 1 is 1.00 bits per heavy atom. The molecule has 0 radical (unpaired) electrons. The fourth-order valence-corrected chi connectivity index (χ4v) is 6.63. The van der Waals surface area contributed by atoms with Gasteiger partial charge < -0.3 is 16.0 Å². The van der Waals surface area contributed by atoms with Gasteiger partial charge in [-0.2, -0.15) is 0 Å². The van der Waals surface area contributed by atoms with Gasteiger partial charge in [0.25, 0.3) is 0 Å². The topological polar surface area (TPSA) is 70.2 Å². The summed E-state index contributed by atoms with van der Waals surface area (Å²) in [5.41, 5.74) is 0.250. The van der Waals surface area contributed by atoms with Gasteiger partial charge in [-0.05, 0) is 88.0 Å². The smallest absolute Gasteiger partial charge is 0.239 e. The zero-order chi connectivity index (χ0) is 17.4. The minimum absolute atomic E-state index is 0.0436. The molecule has 1 heterocycles. The molecule has 25 heavy (non-hydrogen) atoms.